The first kappa shape index (κ1) is 32.4. The van der Waals surface area contributed by atoms with Crippen molar-refractivity contribution in [3.05, 3.63) is 36.5 Å². The highest BCUT2D eigenvalue weighted by Crippen LogP contribution is 2.47. The van der Waals surface area contributed by atoms with E-state index in [9.17, 15) is 34.5 Å². The van der Waals surface area contributed by atoms with Gasteiger partial charge in [0.05, 0.1) is 24.3 Å². The van der Waals surface area contributed by atoms with Crippen LogP contribution in [0.4, 0.5) is 4.79 Å². The molecule has 0 bridgehead atoms. The van der Waals surface area contributed by atoms with E-state index in [0.29, 0.717) is 17.7 Å². The Bertz CT molecular complexity index is 1440. The lowest BCUT2D eigenvalue weighted by molar-refractivity contribution is -0.146. The number of benzene rings is 1. The SMILES string of the molecule is CC(C)(C)OC(=O)N[C@H]1CCCC(O)C(O)CC[C@@H]2C[C@@]2(C(=O)O)NC(=O)[C@@H]2CC(Oc3ccnc4ccccc34)CN2C1=O. The largest absolute Gasteiger partial charge is 0.488 e. The van der Waals surface area contributed by atoms with Crippen LogP contribution in [-0.4, -0.2) is 97.2 Å². The second kappa shape index (κ2) is 12.8. The van der Waals surface area contributed by atoms with E-state index in [2.05, 4.69) is 15.6 Å². The van der Waals surface area contributed by atoms with Crippen molar-refractivity contribution in [3.8, 4) is 5.75 Å². The molecule has 0 spiro atoms. The summed E-state index contributed by atoms with van der Waals surface area (Å²) in [7, 11) is 0. The number of aliphatic carboxylic acids is 1. The van der Waals surface area contributed by atoms with Crippen LogP contribution in [0.3, 0.4) is 0 Å². The van der Waals surface area contributed by atoms with Crippen molar-refractivity contribution in [2.45, 2.75) is 107 Å². The van der Waals surface area contributed by atoms with E-state index in [4.69, 9.17) is 9.47 Å². The van der Waals surface area contributed by atoms with Gasteiger partial charge in [-0.3, -0.25) is 14.6 Å². The Hall–Kier alpha value is -3.97. The number of carbonyl (C=O) groups is 4. The molecule has 3 heterocycles. The van der Waals surface area contributed by atoms with E-state index in [1.807, 2.05) is 24.3 Å². The zero-order valence-electron chi connectivity index (χ0n) is 25.8. The van der Waals surface area contributed by atoms with E-state index in [1.54, 1.807) is 33.0 Å². The number of aromatic nitrogens is 1. The number of ether oxygens (including phenoxy) is 2. The van der Waals surface area contributed by atoms with Crippen molar-refractivity contribution in [2.75, 3.05) is 6.54 Å². The van der Waals surface area contributed by atoms with Crippen LogP contribution in [0.15, 0.2) is 36.5 Å². The number of carbonyl (C=O) groups excluding carboxylic acids is 3. The lowest BCUT2D eigenvalue weighted by atomic mass is 9.99. The standard InChI is InChI=1S/C32H42N4O9/c1-31(2,3)45-30(43)34-22-9-6-10-24(37)25(38)12-11-18-16-32(18,29(41)42)35-27(39)23-15-19(17-36(23)28(22)40)44-26-13-14-33-21-8-5-4-7-20(21)26/h4-5,7-8,13-14,18-19,22-25,37-38H,6,9-12,15-17H2,1-3H3,(H,34,43)(H,35,39)(H,41,42)/t18-,19?,22+,23+,24?,25?,32-/m1/s1. The van der Waals surface area contributed by atoms with Gasteiger partial charge in [-0.05, 0) is 83.4 Å². The molecular weight excluding hydrogens is 584 g/mol. The summed E-state index contributed by atoms with van der Waals surface area (Å²) in [5.74, 6) is -2.30. The molecule has 5 rings (SSSR count). The van der Waals surface area contributed by atoms with Crippen molar-refractivity contribution >= 4 is 34.8 Å². The highest BCUT2D eigenvalue weighted by atomic mass is 16.6. The third-order valence-corrected chi connectivity index (χ3v) is 8.82. The van der Waals surface area contributed by atoms with Crippen LogP contribution in [-0.2, 0) is 19.1 Å². The monoisotopic (exact) mass is 626 g/mol. The fourth-order valence-corrected chi connectivity index (χ4v) is 6.37. The molecule has 2 aliphatic heterocycles. The van der Waals surface area contributed by atoms with E-state index in [-0.39, 0.29) is 45.1 Å². The lowest BCUT2D eigenvalue weighted by Crippen LogP contribution is -2.56. The molecular formula is C32H42N4O9. The summed E-state index contributed by atoms with van der Waals surface area (Å²) in [6, 6.07) is 6.94. The Balaban J connectivity index is 1.45. The highest BCUT2D eigenvalue weighted by molar-refractivity contribution is 5.96. The van der Waals surface area contributed by atoms with Crippen LogP contribution in [0, 0.1) is 5.92 Å². The van der Waals surface area contributed by atoms with Crippen LogP contribution >= 0.6 is 0 Å². The molecule has 7 atom stereocenters. The van der Waals surface area contributed by atoms with Crippen molar-refractivity contribution in [1.29, 1.82) is 0 Å². The van der Waals surface area contributed by atoms with Crippen molar-refractivity contribution < 1.29 is 44.0 Å². The third kappa shape index (κ3) is 7.30. The van der Waals surface area contributed by atoms with Gasteiger partial charge in [0, 0.05) is 18.0 Å². The maximum Gasteiger partial charge on any atom is 0.408 e. The average Bonchev–Trinajstić information content (AvgIpc) is 3.52. The normalized spacial score (nSPS) is 31.1. The Labute approximate surface area is 261 Å². The predicted molar refractivity (Wildman–Crippen MR) is 161 cm³/mol. The van der Waals surface area contributed by atoms with Crippen LogP contribution < -0.4 is 15.4 Å². The molecule has 3 fully saturated rings. The first-order valence-corrected chi connectivity index (χ1v) is 15.5. The number of para-hydroxylation sites is 1. The number of hydrogen-bond donors (Lipinski definition) is 5. The number of hydrogen-bond acceptors (Lipinski definition) is 9. The molecule has 3 aliphatic rings. The minimum Gasteiger partial charge on any atom is -0.488 e. The summed E-state index contributed by atoms with van der Waals surface area (Å²) in [5.41, 5.74) is -1.65. The number of nitrogens with one attached hydrogen (secondary N) is 2. The molecule has 244 valence electrons. The lowest BCUT2D eigenvalue weighted by Gasteiger charge is -2.30. The van der Waals surface area contributed by atoms with Gasteiger partial charge < -0.3 is 40.3 Å². The van der Waals surface area contributed by atoms with Gasteiger partial charge >= 0.3 is 12.1 Å². The summed E-state index contributed by atoms with van der Waals surface area (Å²) in [6.07, 6.45) is -0.794. The second-order valence-electron chi connectivity index (χ2n) is 13.3. The number of rotatable bonds is 4. The summed E-state index contributed by atoms with van der Waals surface area (Å²) < 4.78 is 11.7. The molecule has 3 amide bonds. The second-order valence-corrected chi connectivity index (χ2v) is 13.3. The highest BCUT2D eigenvalue weighted by Gasteiger charge is 2.62. The fourth-order valence-electron chi connectivity index (χ4n) is 6.37. The Morgan fingerprint density at radius 2 is 1.80 bits per heavy atom. The number of nitrogens with zero attached hydrogens (tertiary/aromatic N) is 2. The minimum absolute atomic E-state index is 0.00487. The van der Waals surface area contributed by atoms with Crippen molar-refractivity contribution in [2.24, 2.45) is 5.92 Å². The molecule has 45 heavy (non-hydrogen) atoms. The molecule has 13 nitrogen and oxygen atoms in total. The fraction of sp³-hybridized carbons (Fsp3) is 0.594. The maximum absolute atomic E-state index is 14.2. The van der Waals surface area contributed by atoms with Crippen LogP contribution in [0.5, 0.6) is 5.75 Å². The number of pyridine rings is 1. The van der Waals surface area contributed by atoms with E-state index >= 15 is 0 Å². The smallest absolute Gasteiger partial charge is 0.408 e. The predicted octanol–water partition coefficient (Wildman–Crippen LogP) is 2.12. The molecule has 0 radical (unpaired) electrons. The van der Waals surface area contributed by atoms with Gasteiger partial charge in [-0.1, -0.05) is 12.1 Å². The number of alkyl carbamates (subject to hydrolysis) is 1. The van der Waals surface area contributed by atoms with Crippen molar-refractivity contribution in [3.63, 3.8) is 0 Å². The summed E-state index contributed by atoms with van der Waals surface area (Å²) in [5, 5.41) is 37.3. The molecule has 1 aromatic carbocycles. The zero-order chi connectivity index (χ0) is 32.5. The molecule has 13 heteroatoms. The molecule has 3 unspecified atom stereocenters. The summed E-state index contributed by atoms with van der Waals surface area (Å²) in [4.78, 5) is 58.9. The number of carboxylic acid groups (broad SMARTS) is 1. The van der Waals surface area contributed by atoms with Gasteiger partial charge in [0.25, 0.3) is 0 Å². The number of amides is 3. The first-order chi connectivity index (χ1) is 21.3. The van der Waals surface area contributed by atoms with E-state index in [0.717, 1.165) is 5.39 Å². The molecule has 2 aromatic rings. The first-order valence-electron chi connectivity index (χ1n) is 15.5. The minimum atomic E-state index is -1.54. The Kier molecular flexibility index (Phi) is 9.22. The summed E-state index contributed by atoms with van der Waals surface area (Å²) in [6.45, 7) is 5.08. The quantitative estimate of drug-likeness (QED) is 0.336. The van der Waals surface area contributed by atoms with Gasteiger partial charge in [-0.15, -0.1) is 0 Å². The Morgan fingerprint density at radius 3 is 2.53 bits per heavy atom. The number of aliphatic hydroxyl groups is 2. The molecule has 1 aliphatic carbocycles. The Morgan fingerprint density at radius 1 is 1.07 bits per heavy atom. The van der Waals surface area contributed by atoms with Gasteiger partial charge in [0.2, 0.25) is 11.8 Å². The molecule has 2 saturated heterocycles. The van der Waals surface area contributed by atoms with Crippen LogP contribution in [0.25, 0.3) is 10.9 Å². The van der Waals surface area contributed by atoms with E-state index in [1.165, 1.54) is 4.90 Å². The van der Waals surface area contributed by atoms with Crippen LogP contribution in [0.1, 0.15) is 65.7 Å². The molecule has 5 N–H and O–H groups in total. The topological polar surface area (TPSA) is 188 Å². The molecule has 1 aromatic heterocycles. The van der Waals surface area contributed by atoms with Crippen molar-refractivity contribution in [1.82, 2.24) is 20.5 Å². The maximum atomic E-state index is 14.2. The van der Waals surface area contributed by atoms with Gasteiger partial charge in [0.1, 0.15) is 35.1 Å². The third-order valence-electron chi connectivity index (χ3n) is 8.82. The number of aliphatic hydroxyl groups excluding tert-OH is 2. The number of carboxylic acids is 1. The number of fused-ring (bicyclic) bond motifs is 3. The summed E-state index contributed by atoms with van der Waals surface area (Å²) >= 11 is 0. The zero-order valence-corrected chi connectivity index (χ0v) is 25.8. The average molecular weight is 627 g/mol. The van der Waals surface area contributed by atoms with Crippen LogP contribution in [0.2, 0.25) is 0 Å². The van der Waals surface area contributed by atoms with Gasteiger partial charge in [-0.25, -0.2) is 9.59 Å². The van der Waals surface area contributed by atoms with Gasteiger partial charge in [-0.2, -0.15) is 0 Å². The van der Waals surface area contributed by atoms with E-state index < -0.39 is 71.3 Å². The van der Waals surface area contributed by atoms with Gasteiger partial charge in [0.15, 0.2) is 0 Å². The molecule has 1 saturated carbocycles.